The van der Waals surface area contributed by atoms with Crippen LogP contribution in [0.15, 0.2) is 30.5 Å². The number of aromatic nitrogens is 2. The molecule has 1 aromatic carbocycles. The van der Waals surface area contributed by atoms with Gasteiger partial charge in [-0.2, -0.15) is 4.98 Å². The van der Waals surface area contributed by atoms with Gasteiger partial charge in [0.1, 0.15) is 5.82 Å². The highest BCUT2D eigenvalue weighted by molar-refractivity contribution is 6.34. The molecular weight excluding hydrogens is 394 g/mol. The maximum Gasteiger partial charge on any atom is 0.340 e. The van der Waals surface area contributed by atoms with E-state index in [4.69, 9.17) is 30.8 Å². The number of benzene rings is 1. The summed E-state index contributed by atoms with van der Waals surface area (Å²) >= 11 is 6.55. The number of nitrogens with zero attached hydrogens (tertiary/aromatic N) is 2. The Morgan fingerprint density at radius 1 is 1.24 bits per heavy atom. The van der Waals surface area contributed by atoms with Gasteiger partial charge in [0.25, 0.3) is 0 Å². The predicted molar refractivity (Wildman–Crippen MR) is 110 cm³/mol. The molecule has 0 saturated carbocycles. The van der Waals surface area contributed by atoms with Crippen LogP contribution < -0.4 is 9.64 Å². The molecule has 0 aliphatic carbocycles. The van der Waals surface area contributed by atoms with Crippen LogP contribution in [-0.4, -0.2) is 56.5 Å². The van der Waals surface area contributed by atoms with E-state index in [0.29, 0.717) is 21.9 Å². The lowest BCUT2D eigenvalue weighted by atomic mass is 9.78. The monoisotopic (exact) mass is 413 g/mol. The topological polar surface area (TPSA) is 76.7 Å². The van der Waals surface area contributed by atoms with Crippen LogP contribution in [0.4, 0.5) is 5.82 Å². The second-order valence-corrected chi connectivity index (χ2v) is 8.05. The summed E-state index contributed by atoms with van der Waals surface area (Å²) < 4.78 is 15.8. The molecule has 0 unspecified atom stereocenters. The molecule has 1 N–H and O–H groups in total. The number of pyridine rings is 1. The lowest BCUT2D eigenvalue weighted by Gasteiger charge is -2.55. The summed E-state index contributed by atoms with van der Waals surface area (Å²) in [5.74, 6) is 0.957. The summed E-state index contributed by atoms with van der Waals surface area (Å²) in [5.41, 5.74) is 3.03. The summed E-state index contributed by atoms with van der Waals surface area (Å²) in [7, 11) is 2.95. The number of carbonyl (C=O) groups is 1. The van der Waals surface area contributed by atoms with E-state index in [9.17, 15) is 4.79 Å². The number of aromatic amines is 1. The minimum Gasteiger partial charge on any atom is -0.480 e. The first kappa shape index (κ1) is 18.3. The Hall–Kier alpha value is -2.77. The average molecular weight is 414 g/mol. The average Bonchev–Trinajstić information content (AvgIpc) is 3.07. The maximum absolute atomic E-state index is 12.1. The van der Waals surface area contributed by atoms with Gasteiger partial charge in [-0.3, -0.25) is 0 Å². The van der Waals surface area contributed by atoms with Crippen LogP contribution in [0.2, 0.25) is 5.02 Å². The van der Waals surface area contributed by atoms with Crippen LogP contribution >= 0.6 is 11.6 Å². The number of hydrogen-bond acceptors (Lipinski definition) is 6. The summed E-state index contributed by atoms with van der Waals surface area (Å²) in [4.78, 5) is 22.0. The molecule has 0 bridgehead atoms. The lowest BCUT2D eigenvalue weighted by Crippen LogP contribution is -2.66. The summed E-state index contributed by atoms with van der Waals surface area (Å²) in [6.45, 7) is 3.54. The smallest absolute Gasteiger partial charge is 0.340 e. The number of rotatable bonds is 4. The van der Waals surface area contributed by atoms with E-state index in [1.54, 1.807) is 19.4 Å². The first-order chi connectivity index (χ1) is 14.0. The number of fused-ring (bicyclic) bond motifs is 1. The van der Waals surface area contributed by atoms with Gasteiger partial charge in [0.05, 0.1) is 43.4 Å². The van der Waals surface area contributed by atoms with Crippen LogP contribution in [0.3, 0.4) is 0 Å². The van der Waals surface area contributed by atoms with Gasteiger partial charge in [-0.05, 0) is 24.3 Å². The number of methoxy groups -OCH3 is 2. The Kier molecular flexibility index (Phi) is 4.18. The van der Waals surface area contributed by atoms with E-state index in [-0.39, 0.29) is 0 Å². The zero-order chi connectivity index (χ0) is 20.2. The molecule has 5 rings (SSSR count). The van der Waals surface area contributed by atoms with Crippen LogP contribution in [0.5, 0.6) is 5.88 Å². The third-order valence-electron chi connectivity index (χ3n) is 5.70. The minimum absolute atomic E-state index is 0.306. The highest BCUT2D eigenvalue weighted by atomic mass is 35.5. The van der Waals surface area contributed by atoms with Gasteiger partial charge in [0.2, 0.25) is 5.88 Å². The standard InChI is InChI=1S/C21H20ClN3O4/c1-27-19-12(3-4-18(24-19)25-8-21(9-25)10-29-11-21)13-5-14-15(20(26)28-2)7-23-17(14)6-16(13)22/h3-7,23H,8-11H2,1-2H3. The number of ether oxygens (including phenoxy) is 3. The molecule has 2 aliphatic heterocycles. The van der Waals surface area contributed by atoms with E-state index in [0.717, 1.165) is 54.2 Å². The molecule has 0 amide bonds. The van der Waals surface area contributed by atoms with Gasteiger partial charge in [-0.25, -0.2) is 4.79 Å². The summed E-state index contributed by atoms with van der Waals surface area (Å²) in [5, 5.41) is 1.27. The van der Waals surface area contributed by atoms with Crippen molar-refractivity contribution in [2.75, 3.05) is 45.4 Å². The Labute approximate surface area is 172 Å². The Morgan fingerprint density at radius 2 is 2.03 bits per heavy atom. The molecule has 29 heavy (non-hydrogen) atoms. The lowest BCUT2D eigenvalue weighted by molar-refractivity contribution is -0.127. The van der Waals surface area contributed by atoms with E-state index >= 15 is 0 Å². The van der Waals surface area contributed by atoms with E-state index in [2.05, 4.69) is 9.88 Å². The molecule has 1 spiro atoms. The van der Waals surface area contributed by atoms with Crippen molar-refractivity contribution < 1.29 is 19.0 Å². The highest BCUT2D eigenvalue weighted by Crippen LogP contribution is 2.42. The van der Waals surface area contributed by atoms with Crippen molar-refractivity contribution in [1.29, 1.82) is 0 Å². The first-order valence-corrected chi connectivity index (χ1v) is 9.68. The zero-order valence-corrected chi connectivity index (χ0v) is 16.9. The molecule has 2 fully saturated rings. The molecular formula is C21H20ClN3O4. The fourth-order valence-electron chi connectivity index (χ4n) is 4.09. The molecule has 3 aromatic rings. The molecule has 0 atom stereocenters. The Bertz CT molecular complexity index is 1110. The largest absolute Gasteiger partial charge is 0.480 e. The van der Waals surface area contributed by atoms with Crippen LogP contribution in [0, 0.1) is 5.41 Å². The number of esters is 1. The fraction of sp³-hybridized carbons (Fsp3) is 0.333. The van der Waals surface area contributed by atoms with Crippen molar-refractivity contribution >= 4 is 34.3 Å². The van der Waals surface area contributed by atoms with Gasteiger partial charge in [-0.15, -0.1) is 0 Å². The van der Waals surface area contributed by atoms with E-state index in [1.165, 1.54) is 7.11 Å². The van der Waals surface area contributed by atoms with Crippen LogP contribution in [0.1, 0.15) is 10.4 Å². The first-order valence-electron chi connectivity index (χ1n) is 9.31. The molecule has 2 saturated heterocycles. The number of nitrogens with one attached hydrogen (secondary N) is 1. The predicted octanol–water partition coefficient (Wildman–Crippen LogP) is 3.52. The number of hydrogen-bond donors (Lipinski definition) is 1. The van der Waals surface area contributed by atoms with Crippen LogP contribution in [-0.2, 0) is 9.47 Å². The molecule has 2 aromatic heterocycles. The SMILES string of the molecule is COC(=O)c1c[nH]c2cc(Cl)c(-c3ccc(N4CC5(COC5)C4)nc3OC)cc12. The summed E-state index contributed by atoms with van der Waals surface area (Å²) in [6, 6.07) is 7.59. The van der Waals surface area contributed by atoms with Crippen molar-refractivity contribution in [2.24, 2.45) is 5.41 Å². The minimum atomic E-state index is -0.406. The Balaban J connectivity index is 1.53. The van der Waals surface area contributed by atoms with E-state index < -0.39 is 5.97 Å². The number of halogens is 1. The molecule has 2 aliphatic rings. The number of H-pyrrole nitrogens is 1. The van der Waals surface area contributed by atoms with Gasteiger partial charge in [0.15, 0.2) is 0 Å². The van der Waals surface area contributed by atoms with Crippen molar-refractivity contribution in [2.45, 2.75) is 0 Å². The van der Waals surface area contributed by atoms with Gasteiger partial charge in [-0.1, -0.05) is 11.6 Å². The molecule has 8 heteroatoms. The molecule has 7 nitrogen and oxygen atoms in total. The molecule has 0 radical (unpaired) electrons. The second kappa shape index (κ2) is 6.64. The second-order valence-electron chi connectivity index (χ2n) is 7.65. The van der Waals surface area contributed by atoms with Gasteiger partial charge in [0, 0.05) is 41.3 Å². The summed E-state index contributed by atoms with van der Waals surface area (Å²) in [6.07, 6.45) is 1.62. The normalized spacial score (nSPS) is 17.1. The van der Waals surface area contributed by atoms with Gasteiger partial charge < -0.3 is 24.1 Å². The molecule has 4 heterocycles. The van der Waals surface area contributed by atoms with Crippen molar-refractivity contribution in [3.8, 4) is 17.0 Å². The third-order valence-corrected chi connectivity index (χ3v) is 6.01. The highest BCUT2D eigenvalue weighted by Gasteiger charge is 2.49. The van der Waals surface area contributed by atoms with Crippen molar-refractivity contribution in [3.05, 3.63) is 41.0 Å². The zero-order valence-electron chi connectivity index (χ0n) is 16.1. The molecule has 150 valence electrons. The van der Waals surface area contributed by atoms with Crippen molar-refractivity contribution in [1.82, 2.24) is 9.97 Å². The van der Waals surface area contributed by atoms with E-state index in [1.807, 2.05) is 18.2 Å². The maximum atomic E-state index is 12.1. The van der Waals surface area contributed by atoms with Crippen LogP contribution in [0.25, 0.3) is 22.0 Å². The number of anilines is 1. The fourth-order valence-corrected chi connectivity index (χ4v) is 4.36. The quantitative estimate of drug-likeness (QED) is 0.659. The van der Waals surface area contributed by atoms with Crippen molar-refractivity contribution in [3.63, 3.8) is 0 Å². The Morgan fingerprint density at radius 3 is 2.69 bits per heavy atom. The third kappa shape index (κ3) is 2.84. The number of carbonyl (C=O) groups excluding carboxylic acids is 1. The van der Waals surface area contributed by atoms with Gasteiger partial charge >= 0.3 is 5.97 Å².